The number of aliphatic imine (C=N–C) groups is 1. The quantitative estimate of drug-likeness (QED) is 0.242. The first-order valence-corrected chi connectivity index (χ1v) is 11.2. The van der Waals surface area contributed by atoms with Gasteiger partial charge in [-0.2, -0.15) is 4.99 Å². The molecule has 1 heterocycles. The van der Waals surface area contributed by atoms with Gasteiger partial charge in [-0.05, 0) is 56.2 Å². The van der Waals surface area contributed by atoms with Gasteiger partial charge in [0.05, 0.1) is 5.02 Å². The van der Waals surface area contributed by atoms with Crippen molar-refractivity contribution in [3.05, 3.63) is 33.9 Å². The van der Waals surface area contributed by atoms with Gasteiger partial charge in [-0.1, -0.05) is 36.2 Å². The molecule has 1 aromatic carbocycles. The Bertz CT molecular complexity index is 809. The molecule has 1 aliphatic heterocycles. The van der Waals surface area contributed by atoms with Crippen molar-refractivity contribution in [3.8, 4) is 0 Å². The van der Waals surface area contributed by atoms with Gasteiger partial charge in [0.1, 0.15) is 5.82 Å². The fourth-order valence-electron chi connectivity index (χ4n) is 4.23. The van der Waals surface area contributed by atoms with Crippen molar-refractivity contribution in [2.75, 3.05) is 25.9 Å². The van der Waals surface area contributed by atoms with E-state index in [9.17, 15) is 4.79 Å². The van der Waals surface area contributed by atoms with Crippen LogP contribution in [-0.4, -0.2) is 42.3 Å². The number of hydrogen-bond donors (Lipinski definition) is 2. The van der Waals surface area contributed by atoms with Gasteiger partial charge < -0.3 is 16.4 Å². The molecule has 1 saturated carbocycles. The summed E-state index contributed by atoms with van der Waals surface area (Å²) in [6.45, 7) is 3.69. The monoisotopic (exact) mass is 435 g/mol. The number of benzene rings is 1. The van der Waals surface area contributed by atoms with Crippen molar-refractivity contribution in [1.29, 1.82) is 0 Å². The topological polar surface area (TPSA) is 88.0 Å². The highest BCUT2D eigenvalue weighted by molar-refractivity contribution is 8.03. The van der Waals surface area contributed by atoms with Gasteiger partial charge in [-0.3, -0.25) is 9.69 Å². The lowest BCUT2D eigenvalue weighted by atomic mass is 9.77. The molecule has 29 heavy (non-hydrogen) atoms. The lowest BCUT2D eigenvalue weighted by Gasteiger charge is -2.41. The van der Waals surface area contributed by atoms with Gasteiger partial charge in [-0.25, -0.2) is 0 Å². The maximum atomic E-state index is 11.5. The molecule has 0 aromatic heterocycles. The first kappa shape index (κ1) is 21.8. The summed E-state index contributed by atoms with van der Waals surface area (Å²) in [6.07, 6.45) is 8.42. The third-order valence-corrected chi connectivity index (χ3v) is 7.56. The Labute approximate surface area is 182 Å². The molecule has 1 spiro atoms. The summed E-state index contributed by atoms with van der Waals surface area (Å²) < 4.78 is 0. The van der Waals surface area contributed by atoms with Gasteiger partial charge in [0.25, 0.3) is 0 Å². The molecule has 2 fully saturated rings. The maximum Gasteiger partial charge on any atom is 0.216 e. The summed E-state index contributed by atoms with van der Waals surface area (Å²) in [5, 5.41) is 0.614. The van der Waals surface area contributed by atoms with Gasteiger partial charge in [0, 0.05) is 35.6 Å². The number of piperidine rings is 1. The molecular weight excluding hydrogens is 406 g/mol. The van der Waals surface area contributed by atoms with E-state index in [1.165, 1.54) is 42.3 Å². The minimum absolute atomic E-state index is 0.373. The molecule has 1 saturated heterocycles. The van der Waals surface area contributed by atoms with Crippen LogP contribution >= 0.6 is 23.4 Å². The minimum Gasteiger partial charge on any atom is -0.399 e. The smallest absolute Gasteiger partial charge is 0.216 e. The fraction of sp³-hybridized carbons (Fsp3) is 0.524. The van der Waals surface area contributed by atoms with Gasteiger partial charge in [-0.15, -0.1) is 0 Å². The number of anilines is 1. The first-order valence-electron chi connectivity index (χ1n) is 10.0. The van der Waals surface area contributed by atoms with Crippen LogP contribution in [0.3, 0.4) is 0 Å². The minimum atomic E-state index is 0.373. The molecule has 0 atom stereocenters. The van der Waals surface area contributed by atoms with Crippen molar-refractivity contribution in [2.24, 2.45) is 16.1 Å². The number of carbonyl (C=O) groups is 1. The number of rotatable bonds is 4. The summed E-state index contributed by atoms with van der Waals surface area (Å²) in [7, 11) is 1.72. The molecular formula is C21H30ClN5OS. The summed E-state index contributed by atoms with van der Waals surface area (Å²) in [4.78, 5) is 21.4. The van der Waals surface area contributed by atoms with E-state index in [-0.39, 0.29) is 0 Å². The van der Waals surface area contributed by atoms with Crippen LogP contribution in [0, 0.1) is 5.41 Å². The highest BCUT2D eigenvalue weighted by atomic mass is 35.5. The van der Waals surface area contributed by atoms with Crippen molar-refractivity contribution >= 4 is 41.4 Å². The number of nitrogens with two attached hydrogens (primary N) is 2. The van der Waals surface area contributed by atoms with Crippen LogP contribution in [0.1, 0.15) is 45.4 Å². The van der Waals surface area contributed by atoms with Gasteiger partial charge in [0.15, 0.2) is 0 Å². The largest absolute Gasteiger partial charge is 0.399 e. The maximum absolute atomic E-state index is 11.5. The SMILES string of the molecule is C/C(Sc1cc(N)ccc1Cl)=C(N)\N=C(/N(C)C=O)N1CCC2(CCCC2)CC1. The van der Waals surface area contributed by atoms with Crippen LogP contribution in [-0.2, 0) is 4.79 Å². The number of guanidine groups is 1. The first-order chi connectivity index (χ1) is 13.8. The van der Waals surface area contributed by atoms with Crippen LogP contribution in [0.25, 0.3) is 0 Å². The summed E-state index contributed by atoms with van der Waals surface area (Å²) in [6, 6.07) is 5.35. The number of likely N-dealkylation sites (tertiary alicyclic amines) is 1. The third-order valence-electron chi connectivity index (χ3n) is 6.04. The van der Waals surface area contributed by atoms with E-state index in [1.807, 2.05) is 13.0 Å². The van der Waals surface area contributed by atoms with Crippen LogP contribution in [0.5, 0.6) is 0 Å². The highest BCUT2D eigenvalue weighted by Gasteiger charge is 2.38. The molecule has 0 radical (unpaired) electrons. The summed E-state index contributed by atoms with van der Waals surface area (Å²) >= 11 is 7.69. The summed E-state index contributed by atoms with van der Waals surface area (Å²) in [5.41, 5.74) is 13.3. The number of thioether (sulfide) groups is 1. The lowest BCUT2D eigenvalue weighted by Crippen LogP contribution is -2.48. The number of allylic oxidation sites excluding steroid dienone is 1. The van der Waals surface area contributed by atoms with Crippen LogP contribution in [0.15, 0.2) is 38.8 Å². The van der Waals surface area contributed by atoms with Crippen LogP contribution < -0.4 is 11.5 Å². The Morgan fingerprint density at radius 1 is 1.28 bits per heavy atom. The Hall–Kier alpha value is -1.86. The molecule has 0 unspecified atom stereocenters. The second kappa shape index (κ2) is 9.30. The van der Waals surface area contributed by atoms with E-state index in [0.717, 1.165) is 42.1 Å². The molecule has 2 aliphatic rings. The molecule has 1 aromatic rings. The van der Waals surface area contributed by atoms with Crippen molar-refractivity contribution in [1.82, 2.24) is 9.80 Å². The predicted molar refractivity (Wildman–Crippen MR) is 122 cm³/mol. The summed E-state index contributed by atoms with van der Waals surface area (Å²) in [5.74, 6) is 0.974. The van der Waals surface area contributed by atoms with Gasteiger partial charge >= 0.3 is 0 Å². The third kappa shape index (κ3) is 5.20. The zero-order valence-electron chi connectivity index (χ0n) is 17.2. The van der Waals surface area contributed by atoms with Gasteiger partial charge in [0.2, 0.25) is 12.4 Å². The van der Waals surface area contributed by atoms with E-state index in [2.05, 4.69) is 9.89 Å². The van der Waals surface area contributed by atoms with E-state index < -0.39 is 0 Å². The number of nitrogens with zero attached hydrogens (tertiary/aromatic N) is 3. The average Bonchev–Trinajstić information content (AvgIpc) is 3.17. The number of halogens is 1. The second-order valence-electron chi connectivity index (χ2n) is 8.06. The molecule has 1 aliphatic carbocycles. The average molecular weight is 436 g/mol. The molecule has 0 bridgehead atoms. The molecule has 6 nitrogen and oxygen atoms in total. The van der Waals surface area contributed by atoms with Crippen molar-refractivity contribution in [2.45, 2.75) is 50.3 Å². The Kier molecular flexibility index (Phi) is 7.01. The number of carbonyl (C=O) groups excluding carboxylic acids is 1. The zero-order valence-corrected chi connectivity index (χ0v) is 18.7. The Morgan fingerprint density at radius 2 is 1.93 bits per heavy atom. The molecule has 8 heteroatoms. The number of hydrogen-bond acceptors (Lipinski definition) is 5. The molecule has 1 amide bonds. The standard InChI is InChI=1S/C21H30ClN5OS/c1-15(29-18-13-16(23)5-6-17(18)22)19(24)25-20(26(2)14-28)27-11-9-21(10-12-27)7-3-4-8-21/h5-6,13-14H,3-4,7-12,23-24H2,1-2H3/b19-15+,25-20+. The van der Waals surface area contributed by atoms with Crippen LogP contribution in [0.2, 0.25) is 5.02 Å². The van der Waals surface area contributed by atoms with Crippen molar-refractivity contribution < 1.29 is 4.79 Å². The highest BCUT2D eigenvalue weighted by Crippen LogP contribution is 2.46. The molecule has 3 rings (SSSR count). The van der Waals surface area contributed by atoms with E-state index >= 15 is 0 Å². The lowest BCUT2D eigenvalue weighted by molar-refractivity contribution is -0.114. The predicted octanol–water partition coefficient (Wildman–Crippen LogP) is 4.26. The fourth-order valence-corrected chi connectivity index (χ4v) is 5.30. The number of nitrogen functional groups attached to an aromatic ring is 1. The van der Waals surface area contributed by atoms with E-state index in [4.69, 9.17) is 23.1 Å². The van der Waals surface area contributed by atoms with E-state index in [1.54, 1.807) is 19.2 Å². The molecule has 158 valence electrons. The number of amides is 1. The Morgan fingerprint density at radius 3 is 2.55 bits per heavy atom. The second-order valence-corrected chi connectivity index (χ2v) is 9.72. The van der Waals surface area contributed by atoms with Crippen molar-refractivity contribution in [3.63, 3.8) is 0 Å². The van der Waals surface area contributed by atoms with Crippen LogP contribution in [0.4, 0.5) is 5.69 Å². The zero-order chi connectivity index (χ0) is 21.0. The van der Waals surface area contributed by atoms with E-state index in [0.29, 0.717) is 27.9 Å². The molecule has 4 N–H and O–H groups in total. The Balaban J connectivity index is 1.79. The normalized spacial score (nSPS) is 20.0.